The number of hydrogen-bond donors (Lipinski definition) is 1. The molecule has 0 saturated heterocycles. The number of aliphatic hydroxyl groups is 1. The average Bonchev–Trinajstić information content (AvgIpc) is 2.92. The summed E-state index contributed by atoms with van der Waals surface area (Å²) in [6, 6.07) is 3.31. The zero-order valence-corrected chi connectivity index (χ0v) is 9.97. The van der Waals surface area contributed by atoms with E-state index in [4.69, 9.17) is 4.74 Å². The summed E-state index contributed by atoms with van der Waals surface area (Å²) in [5, 5.41) is 9.77. The van der Waals surface area contributed by atoms with Gasteiger partial charge in [-0.25, -0.2) is 4.39 Å². The van der Waals surface area contributed by atoms with Crippen LogP contribution in [-0.2, 0) is 6.42 Å². The lowest BCUT2D eigenvalue weighted by Crippen LogP contribution is -2.13. The zero-order valence-electron chi connectivity index (χ0n) is 8.39. The topological polar surface area (TPSA) is 29.5 Å². The zero-order chi connectivity index (χ0) is 11.1. The Balaban J connectivity index is 2.35. The van der Waals surface area contributed by atoms with Crippen molar-refractivity contribution < 1.29 is 14.2 Å². The van der Waals surface area contributed by atoms with Crippen LogP contribution in [0.3, 0.4) is 0 Å². The van der Waals surface area contributed by atoms with Crippen molar-refractivity contribution in [2.45, 2.75) is 24.9 Å². The van der Waals surface area contributed by atoms with E-state index in [9.17, 15) is 9.50 Å². The summed E-state index contributed by atoms with van der Waals surface area (Å²) in [5.74, 6) is -0.162. The van der Waals surface area contributed by atoms with Gasteiger partial charge in [0, 0.05) is 16.5 Å². The number of methoxy groups -OCH3 is 1. The van der Waals surface area contributed by atoms with Gasteiger partial charge in [0.25, 0.3) is 0 Å². The van der Waals surface area contributed by atoms with Crippen LogP contribution in [0.5, 0.6) is 5.75 Å². The highest BCUT2D eigenvalue weighted by atomic mass is 79.9. The molecular formula is C11H12BrFO2. The smallest absolute Gasteiger partial charge is 0.169 e. The molecule has 1 N–H and O–H groups in total. The van der Waals surface area contributed by atoms with Crippen molar-refractivity contribution in [1.29, 1.82) is 0 Å². The van der Waals surface area contributed by atoms with Gasteiger partial charge in [-0.15, -0.1) is 0 Å². The Labute approximate surface area is 96.2 Å². The van der Waals surface area contributed by atoms with E-state index in [1.54, 1.807) is 12.1 Å². The standard InChI is InChI=1S/C11H12BrFO2/c1-15-9-3-2-8(12)7(10(9)13)6-11(14)4-5-11/h2-3,14H,4-6H2,1H3. The molecule has 1 aliphatic rings. The van der Waals surface area contributed by atoms with Crippen molar-refractivity contribution in [3.8, 4) is 5.75 Å². The molecule has 0 bridgehead atoms. The van der Waals surface area contributed by atoms with E-state index < -0.39 is 5.60 Å². The predicted octanol–water partition coefficient (Wildman–Crippen LogP) is 2.66. The second-order valence-corrected chi connectivity index (χ2v) is 4.80. The molecule has 0 aromatic heterocycles. The molecule has 1 aromatic rings. The van der Waals surface area contributed by atoms with Gasteiger partial charge >= 0.3 is 0 Å². The molecule has 1 aliphatic carbocycles. The first-order valence-electron chi connectivity index (χ1n) is 4.79. The molecule has 1 aromatic carbocycles. The first kappa shape index (κ1) is 10.9. The normalized spacial score (nSPS) is 17.6. The largest absolute Gasteiger partial charge is 0.494 e. The van der Waals surface area contributed by atoms with Crippen LogP contribution in [0.25, 0.3) is 0 Å². The Hall–Kier alpha value is -0.610. The van der Waals surface area contributed by atoms with Crippen LogP contribution in [0.4, 0.5) is 4.39 Å². The van der Waals surface area contributed by atoms with Crippen LogP contribution in [0.2, 0.25) is 0 Å². The molecule has 2 nitrogen and oxygen atoms in total. The third-order valence-electron chi connectivity index (χ3n) is 2.70. The van der Waals surface area contributed by atoms with Crippen molar-refractivity contribution in [1.82, 2.24) is 0 Å². The highest BCUT2D eigenvalue weighted by molar-refractivity contribution is 9.10. The van der Waals surface area contributed by atoms with Gasteiger partial charge in [-0.2, -0.15) is 0 Å². The van der Waals surface area contributed by atoms with Crippen LogP contribution in [0.15, 0.2) is 16.6 Å². The summed E-state index contributed by atoms with van der Waals surface area (Å²) >= 11 is 3.28. The minimum Gasteiger partial charge on any atom is -0.494 e. The van der Waals surface area contributed by atoms with E-state index in [1.165, 1.54) is 7.11 Å². The molecule has 2 rings (SSSR count). The number of benzene rings is 1. The van der Waals surface area contributed by atoms with Crippen molar-refractivity contribution in [2.24, 2.45) is 0 Å². The average molecular weight is 275 g/mol. The van der Waals surface area contributed by atoms with Crippen molar-refractivity contribution in [3.63, 3.8) is 0 Å². The van der Waals surface area contributed by atoms with Gasteiger partial charge < -0.3 is 9.84 Å². The van der Waals surface area contributed by atoms with E-state index in [1.807, 2.05) is 0 Å². The Morgan fingerprint density at radius 2 is 2.20 bits per heavy atom. The summed E-state index contributed by atoms with van der Waals surface area (Å²) in [6.45, 7) is 0. The molecule has 0 aliphatic heterocycles. The lowest BCUT2D eigenvalue weighted by molar-refractivity contribution is 0.149. The second-order valence-electron chi connectivity index (χ2n) is 3.94. The van der Waals surface area contributed by atoms with Gasteiger partial charge in [-0.1, -0.05) is 15.9 Å². The molecule has 0 heterocycles. The number of hydrogen-bond acceptors (Lipinski definition) is 2. The molecular weight excluding hydrogens is 263 g/mol. The van der Waals surface area contributed by atoms with E-state index in [0.29, 0.717) is 16.5 Å². The maximum Gasteiger partial charge on any atom is 0.169 e. The molecule has 1 saturated carbocycles. The highest BCUT2D eigenvalue weighted by Crippen LogP contribution is 2.41. The quantitative estimate of drug-likeness (QED) is 0.919. The molecule has 0 spiro atoms. The summed E-state index contributed by atoms with van der Waals surface area (Å²) in [4.78, 5) is 0. The molecule has 82 valence electrons. The molecule has 1 fully saturated rings. The minimum atomic E-state index is -0.699. The molecule has 0 unspecified atom stereocenters. The van der Waals surface area contributed by atoms with E-state index in [-0.39, 0.29) is 11.6 Å². The molecule has 0 radical (unpaired) electrons. The second kappa shape index (κ2) is 3.76. The van der Waals surface area contributed by atoms with Gasteiger partial charge in [0.05, 0.1) is 12.7 Å². The Kier molecular flexibility index (Phi) is 2.73. The van der Waals surface area contributed by atoms with Gasteiger partial charge in [-0.05, 0) is 25.0 Å². The molecule has 0 amide bonds. The SMILES string of the molecule is COc1ccc(Br)c(CC2(O)CC2)c1F. The van der Waals surface area contributed by atoms with Gasteiger partial charge in [0.1, 0.15) is 0 Å². The monoisotopic (exact) mass is 274 g/mol. The molecule has 15 heavy (non-hydrogen) atoms. The number of ether oxygens (including phenoxy) is 1. The first-order valence-corrected chi connectivity index (χ1v) is 5.58. The van der Waals surface area contributed by atoms with Crippen LogP contribution >= 0.6 is 15.9 Å². The van der Waals surface area contributed by atoms with Gasteiger partial charge in [0.15, 0.2) is 11.6 Å². The Bertz CT molecular complexity index is 388. The summed E-state index contributed by atoms with van der Waals surface area (Å²) in [6.07, 6.45) is 1.84. The number of halogens is 2. The van der Waals surface area contributed by atoms with E-state index in [2.05, 4.69) is 15.9 Å². The van der Waals surface area contributed by atoms with Crippen LogP contribution in [0, 0.1) is 5.82 Å². The fourth-order valence-corrected chi connectivity index (χ4v) is 1.99. The van der Waals surface area contributed by atoms with E-state index in [0.717, 1.165) is 12.8 Å². The molecule has 4 heteroatoms. The van der Waals surface area contributed by atoms with Crippen molar-refractivity contribution in [3.05, 3.63) is 28.0 Å². The Morgan fingerprint density at radius 1 is 1.53 bits per heavy atom. The summed E-state index contributed by atoms with van der Waals surface area (Å²) < 4.78 is 19.4. The summed E-state index contributed by atoms with van der Waals surface area (Å²) in [7, 11) is 1.43. The summed E-state index contributed by atoms with van der Waals surface area (Å²) in [5.41, 5.74) is -0.204. The fourth-order valence-electron chi connectivity index (χ4n) is 1.55. The van der Waals surface area contributed by atoms with E-state index >= 15 is 0 Å². The Morgan fingerprint density at radius 3 is 2.73 bits per heavy atom. The fraction of sp³-hybridized carbons (Fsp3) is 0.455. The van der Waals surface area contributed by atoms with Gasteiger partial charge in [0.2, 0.25) is 0 Å². The van der Waals surface area contributed by atoms with Crippen LogP contribution < -0.4 is 4.74 Å². The van der Waals surface area contributed by atoms with Crippen molar-refractivity contribution >= 4 is 15.9 Å². The maximum atomic E-state index is 13.8. The van der Waals surface area contributed by atoms with Crippen molar-refractivity contribution in [2.75, 3.05) is 7.11 Å². The van der Waals surface area contributed by atoms with Crippen LogP contribution in [-0.4, -0.2) is 17.8 Å². The lowest BCUT2D eigenvalue weighted by Gasteiger charge is -2.12. The lowest BCUT2D eigenvalue weighted by atomic mass is 10.1. The third-order valence-corrected chi connectivity index (χ3v) is 3.45. The van der Waals surface area contributed by atoms with Gasteiger partial charge in [-0.3, -0.25) is 0 Å². The predicted molar refractivity (Wildman–Crippen MR) is 58.5 cm³/mol. The first-order chi connectivity index (χ1) is 7.06. The minimum absolute atomic E-state index is 0.220. The number of rotatable bonds is 3. The van der Waals surface area contributed by atoms with Crippen LogP contribution in [0.1, 0.15) is 18.4 Å². The maximum absolute atomic E-state index is 13.8. The molecule has 0 atom stereocenters. The highest BCUT2D eigenvalue weighted by Gasteiger charge is 2.41. The third kappa shape index (κ3) is 2.16.